The highest BCUT2D eigenvalue weighted by Crippen LogP contribution is 2.39. The van der Waals surface area contributed by atoms with Crippen LogP contribution in [0.15, 0.2) is 35.9 Å². The zero-order valence-electron chi connectivity index (χ0n) is 22.6. The van der Waals surface area contributed by atoms with Crippen molar-refractivity contribution in [1.82, 2.24) is 0 Å². The van der Waals surface area contributed by atoms with Gasteiger partial charge in [-0.05, 0) is 109 Å². The summed E-state index contributed by atoms with van der Waals surface area (Å²) in [6.45, 7) is 15.7. The summed E-state index contributed by atoms with van der Waals surface area (Å²) in [6.07, 6.45) is 11.7. The molecular weight excluding hydrogens is 412 g/mol. The maximum atomic E-state index is 11.6. The van der Waals surface area contributed by atoms with Crippen molar-refractivity contribution in [3.63, 3.8) is 0 Å². The number of hydrogen-bond acceptors (Lipinski definition) is 0. The summed E-state index contributed by atoms with van der Waals surface area (Å²) in [5.74, 6) is 0. The standard InChI is InChI=1S/C32H44N2/c1-8-15-16-26-21-31(27-17-22(9-2)29(13-6)23(10-3)18-27)34(33)32(26)28-19-24(11-4)30(14-7)25(12-5)20-28/h17-21H,8-16H2,1-7H3. The first-order valence-corrected chi connectivity index (χ1v) is 13.7. The van der Waals surface area contributed by atoms with E-state index in [9.17, 15) is 5.53 Å². The molecule has 1 aliphatic heterocycles. The number of hydrogen-bond donors (Lipinski definition) is 0. The van der Waals surface area contributed by atoms with Gasteiger partial charge in [-0.2, -0.15) is 0 Å². The number of allylic oxidation sites excluding steroid dienone is 2. The van der Waals surface area contributed by atoms with Crippen LogP contribution < -0.4 is 0 Å². The van der Waals surface area contributed by atoms with Gasteiger partial charge in [-0.15, -0.1) is 0 Å². The van der Waals surface area contributed by atoms with Crippen molar-refractivity contribution in [2.24, 2.45) is 0 Å². The molecule has 0 amide bonds. The van der Waals surface area contributed by atoms with E-state index in [0.717, 1.165) is 80.3 Å². The number of unbranched alkanes of at least 4 members (excludes halogenated alkanes) is 1. The Balaban J connectivity index is 2.16. The molecule has 0 fully saturated rings. The molecule has 0 spiro atoms. The lowest BCUT2D eigenvalue weighted by Crippen LogP contribution is -2.07. The molecule has 1 heterocycles. The maximum Gasteiger partial charge on any atom is 0.210 e. The van der Waals surface area contributed by atoms with Gasteiger partial charge in [0.25, 0.3) is 0 Å². The van der Waals surface area contributed by atoms with E-state index in [0.29, 0.717) is 0 Å². The fourth-order valence-corrected chi connectivity index (χ4v) is 5.67. The molecule has 2 aromatic carbocycles. The lowest BCUT2D eigenvalue weighted by atomic mass is 9.91. The number of aryl methyl sites for hydroxylation is 4. The third-order valence-corrected chi connectivity index (χ3v) is 7.52. The van der Waals surface area contributed by atoms with Gasteiger partial charge in [0.05, 0.1) is 0 Å². The molecule has 0 saturated carbocycles. The highest BCUT2D eigenvalue weighted by atomic mass is 15.2. The molecule has 2 nitrogen and oxygen atoms in total. The van der Waals surface area contributed by atoms with Gasteiger partial charge in [-0.25, -0.2) is 4.70 Å². The van der Waals surface area contributed by atoms with Crippen molar-refractivity contribution in [2.45, 2.75) is 106 Å². The molecular formula is C32H44N2. The summed E-state index contributed by atoms with van der Waals surface area (Å²) in [6, 6.07) is 9.27. The number of rotatable bonds is 11. The van der Waals surface area contributed by atoms with Gasteiger partial charge < -0.3 is 5.53 Å². The quantitative estimate of drug-likeness (QED) is 0.301. The van der Waals surface area contributed by atoms with Gasteiger partial charge in [0, 0.05) is 22.8 Å². The second-order valence-corrected chi connectivity index (χ2v) is 9.49. The van der Waals surface area contributed by atoms with Gasteiger partial charge in [0.2, 0.25) is 11.4 Å². The van der Waals surface area contributed by atoms with Gasteiger partial charge in [0.15, 0.2) is 0 Å². The summed E-state index contributed by atoms with van der Waals surface area (Å²) < 4.78 is 1.49. The molecule has 0 saturated heterocycles. The van der Waals surface area contributed by atoms with E-state index in [2.05, 4.69) is 78.8 Å². The first-order chi connectivity index (χ1) is 16.5. The topological polar surface area (TPSA) is 25.3 Å². The normalized spacial score (nSPS) is 13.7. The summed E-state index contributed by atoms with van der Waals surface area (Å²) in [5.41, 5.74) is 25.7. The third-order valence-electron chi connectivity index (χ3n) is 7.52. The highest BCUT2D eigenvalue weighted by Gasteiger charge is 2.30. The lowest BCUT2D eigenvalue weighted by molar-refractivity contribution is -0.344. The summed E-state index contributed by atoms with van der Waals surface area (Å²) in [7, 11) is 0. The monoisotopic (exact) mass is 456 g/mol. The first-order valence-electron chi connectivity index (χ1n) is 13.7. The number of benzene rings is 2. The SMILES string of the molecule is CCCCC1=C(c2cc(CC)c(CC)c(CC)c2)[N+](=[N-])C(c2cc(CC)c(CC)c(CC)c2)=C1. The van der Waals surface area contributed by atoms with Gasteiger partial charge in [0.1, 0.15) is 0 Å². The Morgan fingerprint density at radius 2 is 1.06 bits per heavy atom. The van der Waals surface area contributed by atoms with Crippen molar-refractivity contribution in [3.8, 4) is 0 Å². The van der Waals surface area contributed by atoms with E-state index >= 15 is 0 Å². The van der Waals surface area contributed by atoms with Crippen LogP contribution in [0, 0.1) is 0 Å². The van der Waals surface area contributed by atoms with Crippen molar-refractivity contribution in [2.75, 3.05) is 0 Å². The van der Waals surface area contributed by atoms with Gasteiger partial charge >= 0.3 is 0 Å². The molecule has 1 aliphatic rings. The van der Waals surface area contributed by atoms with Crippen molar-refractivity contribution < 1.29 is 4.70 Å². The average molecular weight is 457 g/mol. The van der Waals surface area contributed by atoms with E-state index in [4.69, 9.17) is 0 Å². The van der Waals surface area contributed by atoms with Crippen molar-refractivity contribution >= 4 is 11.4 Å². The second-order valence-electron chi connectivity index (χ2n) is 9.49. The van der Waals surface area contributed by atoms with E-state index in [1.807, 2.05) is 0 Å². The minimum Gasteiger partial charge on any atom is -0.493 e. The van der Waals surface area contributed by atoms with E-state index in [1.54, 1.807) is 0 Å². The fraction of sp³-hybridized carbons (Fsp3) is 0.500. The fourth-order valence-electron chi connectivity index (χ4n) is 5.67. The van der Waals surface area contributed by atoms with Crippen LogP contribution in [0.2, 0.25) is 0 Å². The molecule has 2 aromatic rings. The Bertz CT molecular complexity index is 1060. The molecule has 0 aliphatic carbocycles. The van der Waals surface area contributed by atoms with Crippen LogP contribution in [0.25, 0.3) is 16.9 Å². The Morgan fingerprint density at radius 3 is 1.44 bits per heavy atom. The smallest absolute Gasteiger partial charge is 0.210 e. The van der Waals surface area contributed by atoms with Crippen LogP contribution in [0.1, 0.15) is 112 Å². The summed E-state index contributed by atoms with van der Waals surface area (Å²) in [5, 5.41) is 0. The lowest BCUT2D eigenvalue weighted by Gasteiger charge is -2.17. The van der Waals surface area contributed by atoms with E-state index in [1.165, 1.54) is 43.7 Å². The largest absolute Gasteiger partial charge is 0.493 e. The van der Waals surface area contributed by atoms with Gasteiger partial charge in [-0.3, -0.25) is 0 Å². The predicted molar refractivity (Wildman–Crippen MR) is 147 cm³/mol. The van der Waals surface area contributed by atoms with Crippen LogP contribution in [0.5, 0.6) is 0 Å². The van der Waals surface area contributed by atoms with E-state index in [-0.39, 0.29) is 0 Å². The minimum absolute atomic E-state index is 0.920. The van der Waals surface area contributed by atoms with Crippen LogP contribution in [0.3, 0.4) is 0 Å². The summed E-state index contributed by atoms with van der Waals surface area (Å²) >= 11 is 0. The zero-order chi connectivity index (χ0) is 24.8. The molecule has 0 aromatic heterocycles. The minimum atomic E-state index is 0.920. The van der Waals surface area contributed by atoms with Crippen molar-refractivity contribution in [3.05, 3.63) is 86.0 Å². The Labute approximate surface area is 208 Å². The highest BCUT2D eigenvalue weighted by molar-refractivity contribution is 5.79. The number of nitrogens with zero attached hydrogens (tertiary/aromatic N) is 2. The Morgan fingerprint density at radius 1 is 0.618 bits per heavy atom. The molecule has 182 valence electrons. The molecule has 0 unspecified atom stereocenters. The van der Waals surface area contributed by atoms with Crippen molar-refractivity contribution in [1.29, 1.82) is 0 Å². The molecule has 0 atom stereocenters. The van der Waals surface area contributed by atoms with Crippen LogP contribution in [-0.2, 0) is 38.5 Å². The zero-order valence-corrected chi connectivity index (χ0v) is 22.6. The molecule has 2 heteroatoms. The maximum absolute atomic E-state index is 11.6. The van der Waals surface area contributed by atoms with Gasteiger partial charge in [-0.1, -0.05) is 54.9 Å². The predicted octanol–water partition coefficient (Wildman–Crippen LogP) is 9.05. The molecule has 0 bridgehead atoms. The third kappa shape index (κ3) is 4.97. The van der Waals surface area contributed by atoms with Crippen LogP contribution in [-0.4, -0.2) is 4.70 Å². The van der Waals surface area contributed by atoms with Crippen LogP contribution >= 0.6 is 0 Å². The Kier molecular flexibility index (Phi) is 9.05. The van der Waals surface area contributed by atoms with E-state index < -0.39 is 0 Å². The first kappa shape index (κ1) is 26.1. The summed E-state index contributed by atoms with van der Waals surface area (Å²) in [4.78, 5) is 0. The van der Waals surface area contributed by atoms with Crippen LogP contribution in [0.4, 0.5) is 0 Å². The molecule has 0 radical (unpaired) electrons. The average Bonchev–Trinajstić information content (AvgIpc) is 3.20. The second kappa shape index (κ2) is 11.8. The molecule has 0 N–H and O–H groups in total. The molecule has 3 rings (SSSR count). The molecule has 34 heavy (non-hydrogen) atoms. The Hall–Kier alpha value is -2.48.